The third kappa shape index (κ3) is 5.79. The first-order chi connectivity index (χ1) is 11.6. The fourth-order valence-electron chi connectivity index (χ4n) is 3.04. The average Bonchev–Trinajstić information content (AvgIpc) is 3.02. The summed E-state index contributed by atoms with van der Waals surface area (Å²) in [5.74, 6) is 1.98. The van der Waals surface area contributed by atoms with Gasteiger partial charge in [0.25, 0.3) is 5.91 Å². The minimum Gasteiger partial charge on any atom is -0.493 e. The lowest BCUT2D eigenvalue weighted by Gasteiger charge is -2.25. The Morgan fingerprint density at radius 3 is 2.76 bits per heavy atom. The monoisotopic (exact) mass is 370 g/mol. The molecule has 1 heterocycles. The van der Waals surface area contributed by atoms with E-state index in [-0.39, 0.29) is 24.4 Å². The van der Waals surface area contributed by atoms with E-state index in [2.05, 4.69) is 19.2 Å². The Morgan fingerprint density at radius 2 is 2.12 bits per heavy atom. The van der Waals surface area contributed by atoms with Gasteiger partial charge in [0.15, 0.2) is 11.5 Å². The molecule has 1 aliphatic heterocycles. The van der Waals surface area contributed by atoms with Crippen molar-refractivity contribution in [3.63, 3.8) is 0 Å². The van der Waals surface area contributed by atoms with Crippen molar-refractivity contribution in [2.24, 2.45) is 5.92 Å². The van der Waals surface area contributed by atoms with Gasteiger partial charge in [0.1, 0.15) is 0 Å². The third-order valence-electron chi connectivity index (χ3n) is 4.44. The van der Waals surface area contributed by atoms with Crippen molar-refractivity contribution >= 4 is 18.3 Å². The van der Waals surface area contributed by atoms with Crippen LogP contribution in [0.15, 0.2) is 18.2 Å². The molecule has 2 rings (SSSR count). The molecule has 1 atom stereocenters. The standard InChI is InChI=1S/C19H30N2O3.ClH/c1-14(2)9-11-24-17-8-7-15(12-18(17)23-4)19(22)21-10-5-6-16(21)13-20-3;/h7-8,12,14,16,20H,5-6,9-11,13H2,1-4H3;1H. The Morgan fingerprint density at radius 1 is 1.36 bits per heavy atom. The molecule has 1 fully saturated rings. The van der Waals surface area contributed by atoms with Crippen molar-refractivity contribution in [2.75, 3.05) is 33.9 Å². The minimum atomic E-state index is 0. The smallest absolute Gasteiger partial charge is 0.254 e. The number of nitrogens with zero attached hydrogens (tertiary/aromatic N) is 1. The molecule has 0 saturated carbocycles. The number of nitrogens with one attached hydrogen (secondary N) is 1. The lowest BCUT2D eigenvalue weighted by atomic mass is 10.1. The number of ether oxygens (including phenoxy) is 2. The van der Waals surface area contributed by atoms with Crippen LogP contribution in [-0.4, -0.2) is 50.7 Å². The molecule has 1 aromatic rings. The number of methoxy groups -OCH3 is 1. The molecule has 1 N–H and O–H groups in total. The number of benzene rings is 1. The molecule has 0 bridgehead atoms. The van der Waals surface area contributed by atoms with E-state index in [9.17, 15) is 4.79 Å². The van der Waals surface area contributed by atoms with Crippen LogP contribution in [0.25, 0.3) is 0 Å². The second-order valence-electron chi connectivity index (χ2n) is 6.75. The zero-order valence-electron chi connectivity index (χ0n) is 15.7. The molecule has 142 valence electrons. The van der Waals surface area contributed by atoms with Crippen molar-refractivity contribution in [3.05, 3.63) is 23.8 Å². The van der Waals surface area contributed by atoms with Gasteiger partial charge >= 0.3 is 0 Å². The van der Waals surface area contributed by atoms with Gasteiger partial charge in [0, 0.05) is 24.7 Å². The van der Waals surface area contributed by atoms with E-state index in [4.69, 9.17) is 9.47 Å². The fourth-order valence-corrected chi connectivity index (χ4v) is 3.04. The molecule has 1 saturated heterocycles. The number of likely N-dealkylation sites (tertiary alicyclic amines) is 1. The lowest BCUT2D eigenvalue weighted by Crippen LogP contribution is -2.40. The highest BCUT2D eigenvalue weighted by Crippen LogP contribution is 2.30. The number of amides is 1. The van der Waals surface area contributed by atoms with Gasteiger partial charge in [-0.25, -0.2) is 0 Å². The molecule has 1 aromatic carbocycles. The number of hydrogen-bond acceptors (Lipinski definition) is 4. The molecule has 0 aliphatic carbocycles. The molecule has 0 spiro atoms. The lowest BCUT2D eigenvalue weighted by molar-refractivity contribution is 0.0736. The Bertz CT molecular complexity index is 551. The van der Waals surface area contributed by atoms with Gasteiger partial charge in [0.2, 0.25) is 0 Å². The maximum absolute atomic E-state index is 12.8. The number of carbonyl (C=O) groups excluding carboxylic acids is 1. The molecule has 1 aliphatic rings. The first-order valence-corrected chi connectivity index (χ1v) is 8.83. The van der Waals surface area contributed by atoms with Crippen LogP contribution in [0.4, 0.5) is 0 Å². The van der Waals surface area contributed by atoms with Crippen LogP contribution < -0.4 is 14.8 Å². The van der Waals surface area contributed by atoms with Crippen LogP contribution in [-0.2, 0) is 0 Å². The summed E-state index contributed by atoms with van der Waals surface area (Å²) in [4.78, 5) is 14.8. The van der Waals surface area contributed by atoms with Crippen LogP contribution in [0.3, 0.4) is 0 Å². The summed E-state index contributed by atoms with van der Waals surface area (Å²) in [6.07, 6.45) is 3.11. The van der Waals surface area contributed by atoms with E-state index in [1.165, 1.54) is 0 Å². The summed E-state index contributed by atoms with van der Waals surface area (Å²) < 4.78 is 11.2. The zero-order valence-corrected chi connectivity index (χ0v) is 16.5. The average molecular weight is 371 g/mol. The summed E-state index contributed by atoms with van der Waals surface area (Å²) in [5.41, 5.74) is 0.658. The van der Waals surface area contributed by atoms with Gasteiger partial charge in [-0.1, -0.05) is 13.8 Å². The maximum Gasteiger partial charge on any atom is 0.254 e. The second kappa shape index (κ2) is 10.5. The van der Waals surface area contributed by atoms with Gasteiger partial charge in [-0.05, 0) is 50.4 Å². The van der Waals surface area contributed by atoms with Crippen LogP contribution in [0.2, 0.25) is 0 Å². The predicted molar refractivity (Wildman–Crippen MR) is 103 cm³/mol. The Kier molecular flexibility index (Phi) is 9.08. The Hall–Kier alpha value is -1.46. The van der Waals surface area contributed by atoms with Crippen LogP contribution in [0, 0.1) is 5.92 Å². The van der Waals surface area contributed by atoms with Gasteiger partial charge in [-0.2, -0.15) is 0 Å². The van der Waals surface area contributed by atoms with Gasteiger partial charge < -0.3 is 19.7 Å². The third-order valence-corrected chi connectivity index (χ3v) is 4.44. The van der Waals surface area contributed by atoms with Gasteiger partial charge in [0.05, 0.1) is 13.7 Å². The predicted octanol–water partition coefficient (Wildman–Crippen LogP) is 3.37. The molecule has 25 heavy (non-hydrogen) atoms. The van der Waals surface area contributed by atoms with Crippen molar-refractivity contribution in [1.29, 1.82) is 0 Å². The van der Waals surface area contributed by atoms with Crippen LogP contribution in [0.1, 0.15) is 43.5 Å². The largest absolute Gasteiger partial charge is 0.493 e. The van der Waals surface area contributed by atoms with E-state index >= 15 is 0 Å². The molecule has 5 nitrogen and oxygen atoms in total. The van der Waals surface area contributed by atoms with Gasteiger partial charge in [-0.15, -0.1) is 12.4 Å². The molecular formula is C19H31ClN2O3. The van der Waals surface area contributed by atoms with Crippen LogP contribution in [0.5, 0.6) is 11.5 Å². The molecule has 1 unspecified atom stereocenters. The number of halogens is 1. The van der Waals surface area contributed by atoms with Crippen molar-refractivity contribution in [3.8, 4) is 11.5 Å². The first-order valence-electron chi connectivity index (χ1n) is 8.83. The number of carbonyl (C=O) groups is 1. The van der Waals surface area contributed by atoms with Gasteiger partial charge in [-0.3, -0.25) is 4.79 Å². The molecule has 0 aromatic heterocycles. The van der Waals surface area contributed by atoms with Crippen molar-refractivity contribution < 1.29 is 14.3 Å². The Labute approximate surface area is 157 Å². The summed E-state index contributed by atoms with van der Waals surface area (Å²) in [7, 11) is 3.53. The highest BCUT2D eigenvalue weighted by atomic mass is 35.5. The minimum absolute atomic E-state index is 0. The Balaban J connectivity index is 0.00000312. The summed E-state index contributed by atoms with van der Waals surface area (Å²) in [6.45, 7) is 6.64. The second-order valence-corrected chi connectivity index (χ2v) is 6.75. The SMILES string of the molecule is CNCC1CCCN1C(=O)c1ccc(OCCC(C)C)c(OC)c1.Cl. The van der Waals surface area contributed by atoms with E-state index in [1.54, 1.807) is 13.2 Å². The normalized spacial score (nSPS) is 16.7. The van der Waals surface area contributed by atoms with E-state index in [1.807, 2.05) is 24.1 Å². The fraction of sp³-hybridized carbons (Fsp3) is 0.632. The first kappa shape index (κ1) is 21.6. The maximum atomic E-state index is 12.8. The topological polar surface area (TPSA) is 50.8 Å². The summed E-state index contributed by atoms with van der Waals surface area (Å²) in [6, 6.07) is 5.75. The summed E-state index contributed by atoms with van der Waals surface area (Å²) in [5, 5.41) is 3.17. The number of hydrogen-bond donors (Lipinski definition) is 1. The molecule has 0 radical (unpaired) electrons. The number of rotatable bonds is 8. The van der Waals surface area contributed by atoms with Crippen LogP contribution >= 0.6 is 12.4 Å². The summed E-state index contributed by atoms with van der Waals surface area (Å²) >= 11 is 0. The molecule has 1 amide bonds. The van der Waals surface area contributed by atoms with Crippen molar-refractivity contribution in [1.82, 2.24) is 10.2 Å². The molecular weight excluding hydrogens is 340 g/mol. The van der Waals surface area contributed by atoms with E-state index < -0.39 is 0 Å². The number of likely N-dealkylation sites (N-methyl/N-ethyl adjacent to an activating group) is 1. The highest BCUT2D eigenvalue weighted by Gasteiger charge is 2.29. The van der Waals surface area contributed by atoms with Crippen molar-refractivity contribution in [2.45, 2.75) is 39.2 Å². The zero-order chi connectivity index (χ0) is 17.5. The molecule has 6 heteroatoms. The quantitative estimate of drug-likeness (QED) is 0.762. The van der Waals surface area contributed by atoms with E-state index in [0.29, 0.717) is 29.6 Å². The highest BCUT2D eigenvalue weighted by molar-refractivity contribution is 5.95. The van der Waals surface area contributed by atoms with E-state index in [0.717, 1.165) is 32.4 Å².